The molecule has 7 nitrogen and oxygen atoms in total. The van der Waals surface area contributed by atoms with Crippen LogP contribution < -0.4 is 15.4 Å². The van der Waals surface area contributed by atoms with Crippen LogP contribution in [0.2, 0.25) is 0 Å². The van der Waals surface area contributed by atoms with Crippen molar-refractivity contribution in [2.24, 2.45) is 0 Å². The molecular weight excluding hydrogens is 270 g/mol. The van der Waals surface area contributed by atoms with Crippen molar-refractivity contribution in [2.75, 3.05) is 39.0 Å². The maximum absolute atomic E-state index is 11.4. The fraction of sp³-hybridized carbons (Fsp3) is 0.909. The van der Waals surface area contributed by atoms with Crippen LogP contribution in [0.3, 0.4) is 0 Å². The zero-order valence-corrected chi connectivity index (χ0v) is 12.1. The Hall–Kier alpha value is -0.700. The molecule has 1 amide bonds. The van der Waals surface area contributed by atoms with Gasteiger partial charge in [-0.1, -0.05) is 0 Å². The van der Waals surface area contributed by atoms with Gasteiger partial charge in [0.05, 0.1) is 18.5 Å². The van der Waals surface area contributed by atoms with Crippen LogP contribution in [-0.4, -0.2) is 59.5 Å². The second-order valence-corrected chi connectivity index (χ2v) is 6.49. The van der Waals surface area contributed by atoms with E-state index in [1.54, 1.807) is 0 Å². The van der Waals surface area contributed by atoms with Gasteiger partial charge in [0.15, 0.2) is 0 Å². The highest BCUT2D eigenvalue weighted by molar-refractivity contribution is 7.89. The average Bonchev–Trinajstić information content (AvgIpc) is 2.40. The van der Waals surface area contributed by atoms with Gasteiger partial charge in [-0.25, -0.2) is 13.1 Å². The molecule has 1 aliphatic rings. The number of sulfonamides is 1. The first-order valence-corrected chi connectivity index (χ1v) is 8.19. The van der Waals surface area contributed by atoms with Crippen LogP contribution in [0.1, 0.15) is 19.3 Å². The van der Waals surface area contributed by atoms with Gasteiger partial charge in [0.2, 0.25) is 15.9 Å². The molecule has 1 saturated heterocycles. The van der Waals surface area contributed by atoms with Crippen LogP contribution in [0.15, 0.2) is 0 Å². The molecule has 0 aromatic carbocycles. The van der Waals surface area contributed by atoms with Gasteiger partial charge in [0.1, 0.15) is 0 Å². The molecule has 0 bridgehead atoms. The van der Waals surface area contributed by atoms with Crippen molar-refractivity contribution in [3.05, 3.63) is 0 Å². The first kappa shape index (κ1) is 16.4. The Morgan fingerprint density at radius 3 is 2.68 bits per heavy atom. The minimum Gasteiger partial charge on any atom is -0.378 e. The van der Waals surface area contributed by atoms with E-state index in [9.17, 15) is 13.2 Å². The smallest absolute Gasteiger partial charge is 0.222 e. The molecule has 8 heteroatoms. The van der Waals surface area contributed by atoms with Crippen molar-refractivity contribution in [3.63, 3.8) is 0 Å². The summed E-state index contributed by atoms with van der Waals surface area (Å²) in [5, 5.41) is 5.80. The number of piperidine rings is 1. The Labute approximate surface area is 114 Å². The number of rotatable bonds is 8. The van der Waals surface area contributed by atoms with Gasteiger partial charge in [0, 0.05) is 13.0 Å². The molecule has 0 radical (unpaired) electrons. The standard InChI is InChI=1S/C11H23N3O4S/c1-12-19(16,17)9-7-14-11(15)4-8-18-10-2-5-13-6-3-10/h10,12-13H,2-9H2,1H3,(H,14,15). The molecule has 1 aliphatic heterocycles. The molecule has 0 unspecified atom stereocenters. The normalized spacial score (nSPS) is 17.3. The number of carbonyl (C=O) groups excluding carboxylic acids is 1. The van der Waals surface area contributed by atoms with Crippen molar-refractivity contribution >= 4 is 15.9 Å². The molecule has 1 rings (SSSR count). The van der Waals surface area contributed by atoms with Crippen molar-refractivity contribution < 1.29 is 17.9 Å². The van der Waals surface area contributed by atoms with E-state index in [2.05, 4.69) is 15.4 Å². The summed E-state index contributed by atoms with van der Waals surface area (Å²) in [6, 6.07) is 0. The van der Waals surface area contributed by atoms with Crippen LogP contribution in [0.25, 0.3) is 0 Å². The van der Waals surface area contributed by atoms with E-state index >= 15 is 0 Å². The number of ether oxygens (including phenoxy) is 1. The summed E-state index contributed by atoms with van der Waals surface area (Å²) < 4.78 is 30.0. The first-order chi connectivity index (χ1) is 9.03. The Morgan fingerprint density at radius 1 is 1.37 bits per heavy atom. The summed E-state index contributed by atoms with van der Waals surface area (Å²) in [7, 11) is -1.90. The Bertz CT molecular complexity index is 366. The molecule has 0 aliphatic carbocycles. The van der Waals surface area contributed by atoms with Gasteiger partial charge in [-0.05, 0) is 33.0 Å². The Kier molecular flexibility index (Phi) is 7.29. The van der Waals surface area contributed by atoms with Gasteiger partial charge in [-0.2, -0.15) is 0 Å². The van der Waals surface area contributed by atoms with E-state index in [-0.39, 0.29) is 30.7 Å². The van der Waals surface area contributed by atoms with E-state index in [1.807, 2.05) is 0 Å². The van der Waals surface area contributed by atoms with Gasteiger partial charge in [-0.3, -0.25) is 4.79 Å². The molecule has 0 spiro atoms. The van der Waals surface area contributed by atoms with Gasteiger partial charge in [0.25, 0.3) is 0 Å². The lowest BCUT2D eigenvalue weighted by molar-refractivity contribution is -0.122. The molecule has 0 saturated carbocycles. The van der Waals surface area contributed by atoms with Gasteiger partial charge >= 0.3 is 0 Å². The second-order valence-electron chi connectivity index (χ2n) is 4.44. The number of nitrogens with one attached hydrogen (secondary N) is 3. The highest BCUT2D eigenvalue weighted by Gasteiger charge is 2.13. The van der Waals surface area contributed by atoms with Crippen molar-refractivity contribution in [2.45, 2.75) is 25.4 Å². The zero-order chi connectivity index (χ0) is 14.1. The lowest BCUT2D eigenvalue weighted by Gasteiger charge is -2.22. The molecule has 112 valence electrons. The van der Waals surface area contributed by atoms with E-state index < -0.39 is 10.0 Å². The summed E-state index contributed by atoms with van der Waals surface area (Å²) in [6.07, 6.45) is 2.45. The number of hydrogen-bond donors (Lipinski definition) is 3. The molecule has 19 heavy (non-hydrogen) atoms. The molecule has 1 fully saturated rings. The van der Waals surface area contributed by atoms with E-state index in [1.165, 1.54) is 7.05 Å². The zero-order valence-electron chi connectivity index (χ0n) is 11.3. The fourth-order valence-corrected chi connectivity index (χ4v) is 2.37. The Morgan fingerprint density at radius 2 is 2.05 bits per heavy atom. The number of carbonyl (C=O) groups is 1. The molecular formula is C11H23N3O4S. The number of amides is 1. The third-order valence-electron chi connectivity index (χ3n) is 2.97. The molecule has 0 aromatic heterocycles. The lowest BCUT2D eigenvalue weighted by Crippen LogP contribution is -2.35. The predicted molar refractivity (Wildman–Crippen MR) is 72.3 cm³/mol. The van der Waals surface area contributed by atoms with Crippen molar-refractivity contribution in [1.29, 1.82) is 0 Å². The monoisotopic (exact) mass is 293 g/mol. The summed E-state index contributed by atoms with van der Waals surface area (Å²) in [6.45, 7) is 2.42. The predicted octanol–water partition coefficient (Wildman–Crippen LogP) is -1.19. The summed E-state index contributed by atoms with van der Waals surface area (Å²) in [4.78, 5) is 11.4. The van der Waals surface area contributed by atoms with Crippen molar-refractivity contribution in [1.82, 2.24) is 15.4 Å². The topological polar surface area (TPSA) is 96.5 Å². The minimum absolute atomic E-state index is 0.107. The van der Waals surface area contributed by atoms with Crippen molar-refractivity contribution in [3.8, 4) is 0 Å². The second kappa shape index (κ2) is 8.47. The van der Waals surface area contributed by atoms with E-state index in [0.29, 0.717) is 6.61 Å². The quantitative estimate of drug-likeness (QED) is 0.523. The SMILES string of the molecule is CNS(=O)(=O)CCNC(=O)CCOC1CCNCC1. The molecule has 0 atom stereocenters. The van der Waals surface area contributed by atoms with Gasteiger partial charge < -0.3 is 15.4 Å². The third-order valence-corrected chi connectivity index (χ3v) is 4.34. The summed E-state index contributed by atoms with van der Waals surface area (Å²) in [5.74, 6) is -0.287. The molecule has 1 heterocycles. The minimum atomic E-state index is -3.26. The van der Waals surface area contributed by atoms with Crippen LogP contribution in [0.5, 0.6) is 0 Å². The van der Waals surface area contributed by atoms with Crippen LogP contribution in [-0.2, 0) is 19.6 Å². The molecule has 0 aromatic rings. The largest absolute Gasteiger partial charge is 0.378 e. The average molecular weight is 293 g/mol. The Balaban J connectivity index is 2.04. The lowest BCUT2D eigenvalue weighted by atomic mass is 10.1. The molecule has 3 N–H and O–H groups in total. The maximum atomic E-state index is 11.4. The highest BCUT2D eigenvalue weighted by atomic mass is 32.2. The third kappa shape index (κ3) is 7.46. The summed E-state index contributed by atoms with van der Waals surface area (Å²) >= 11 is 0. The van der Waals surface area contributed by atoms with E-state index in [4.69, 9.17) is 4.74 Å². The summed E-state index contributed by atoms with van der Waals surface area (Å²) in [5.41, 5.74) is 0. The first-order valence-electron chi connectivity index (χ1n) is 6.54. The number of hydrogen-bond acceptors (Lipinski definition) is 5. The highest BCUT2D eigenvalue weighted by Crippen LogP contribution is 2.07. The van der Waals surface area contributed by atoms with Crippen LogP contribution in [0.4, 0.5) is 0 Å². The van der Waals surface area contributed by atoms with Crippen LogP contribution >= 0.6 is 0 Å². The van der Waals surface area contributed by atoms with Gasteiger partial charge in [-0.15, -0.1) is 0 Å². The maximum Gasteiger partial charge on any atom is 0.222 e. The fourth-order valence-electron chi connectivity index (χ4n) is 1.80. The van der Waals surface area contributed by atoms with Crippen LogP contribution in [0, 0.1) is 0 Å². The van der Waals surface area contributed by atoms with E-state index in [0.717, 1.165) is 25.9 Å².